The van der Waals surface area contributed by atoms with Crippen LogP contribution in [0.4, 0.5) is 14.5 Å². The summed E-state index contributed by atoms with van der Waals surface area (Å²) < 4.78 is 27.7. The van der Waals surface area contributed by atoms with Crippen molar-refractivity contribution in [3.05, 3.63) is 47.3 Å². The Labute approximate surface area is 238 Å². The summed E-state index contributed by atoms with van der Waals surface area (Å²) in [7, 11) is 0. The second-order valence-corrected chi connectivity index (χ2v) is 12.7. The van der Waals surface area contributed by atoms with Crippen molar-refractivity contribution in [2.75, 3.05) is 11.4 Å². The van der Waals surface area contributed by atoms with Crippen molar-refractivity contribution in [2.24, 2.45) is 0 Å². The Bertz CT molecular complexity index is 1300. The van der Waals surface area contributed by atoms with Crippen molar-refractivity contribution in [1.82, 2.24) is 20.4 Å². The van der Waals surface area contributed by atoms with Gasteiger partial charge in [0, 0.05) is 48.2 Å². The van der Waals surface area contributed by atoms with Gasteiger partial charge in [0.25, 0.3) is 5.91 Å². The number of β-amino-alcohol motifs (C(OH)–C–C–N with tert-alkyl or cyclic N) is 1. The van der Waals surface area contributed by atoms with Crippen LogP contribution in [0, 0.1) is 11.5 Å². The highest BCUT2D eigenvalue weighted by Gasteiger charge is 2.45. The van der Waals surface area contributed by atoms with Crippen LogP contribution < -0.4 is 10.2 Å². The predicted molar refractivity (Wildman–Crippen MR) is 148 cm³/mol. The molecule has 220 valence electrons. The lowest BCUT2D eigenvalue weighted by atomic mass is 9.87. The Hall–Kier alpha value is -3.52. The van der Waals surface area contributed by atoms with Crippen LogP contribution in [0.2, 0.25) is 0 Å². The van der Waals surface area contributed by atoms with E-state index in [9.17, 15) is 28.7 Å². The van der Waals surface area contributed by atoms with Crippen LogP contribution in [-0.4, -0.2) is 62.7 Å². The van der Waals surface area contributed by atoms with Gasteiger partial charge in [-0.1, -0.05) is 32.9 Å². The highest BCUT2D eigenvalue weighted by Crippen LogP contribution is 2.44. The minimum absolute atomic E-state index is 0.0237. The van der Waals surface area contributed by atoms with Gasteiger partial charge in [-0.25, -0.2) is 8.78 Å². The van der Waals surface area contributed by atoms with Gasteiger partial charge in [-0.2, -0.15) is 10.4 Å². The number of likely N-dealkylation sites (tertiary alicyclic amines) is 1. The van der Waals surface area contributed by atoms with E-state index in [0.717, 1.165) is 24.1 Å². The van der Waals surface area contributed by atoms with Crippen LogP contribution in [0.15, 0.2) is 30.5 Å². The van der Waals surface area contributed by atoms with Gasteiger partial charge in [0.15, 0.2) is 6.19 Å². The van der Waals surface area contributed by atoms with Crippen LogP contribution in [0.1, 0.15) is 94.5 Å². The molecule has 3 fully saturated rings. The van der Waals surface area contributed by atoms with E-state index in [1.165, 1.54) is 9.80 Å². The first-order chi connectivity index (χ1) is 19.4. The highest BCUT2D eigenvalue weighted by atomic mass is 19.3. The Balaban J connectivity index is 1.57. The van der Waals surface area contributed by atoms with Gasteiger partial charge >= 0.3 is 0 Å². The van der Waals surface area contributed by atoms with Crippen molar-refractivity contribution in [3.8, 4) is 6.19 Å². The average molecular weight is 569 g/mol. The van der Waals surface area contributed by atoms with E-state index < -0.39 is 42.0 Å². The average Bonchev–Trinajstić information content (AvgIpc) is 3.52. The third-order valence-corrected chi connectivity index (χ3v) is 8.49. The SMILES string of the molecule is CC(C)(C)c1ccc(N(C(=O)C2CC(O)CN2C#N)C(C(=O)NC2CCC(F)(F)CC2)c2cn[nH]c2C2CC2)cc1. The van der Waals surface area contributed by atoms with E-state index in [4.69, 9.17) is 0 Å². The molecule has 0 spiro atoms. The number of nitrogens with one attached hydrogen (secondary N) is 2. The molecule has 3 unspecified atom stereocenters. The summed E-state index contributed by atoms with van der Waals surface area (Å²) in [5.74, 6) is -3.55. The molecular formula is C30H38F2N6O3. The van der Waals surface area contributed by atoms with Gasteiger partial charge < -0.3 is 10.4 Å². The number of amides is 2. The minimum atomic E-state index is -2.74. The normalized spacial score (nSPS) is 23.6. The number of hydrogen-bond donors (Lipinski definition) is 3. The predicted octanol–water partition coefficient (Wildman–Crippen LogP) is 4.27. The van der Waals surface area contributed by atoms with Crippen molar-refractivity contribution in [1.29, 1.82) is 5.26 Å². The lowest BCUT2D eigenvalue weighted by Crippen LogP contribution is -2.52. The smallest absolute Gasteiger partial charge is 0.251 e. The number of aromatic amines is 1. The second kappa shape index (κ2) is 11.0. The maximum Gasteiger partial charge on any atom is 0.251 e. The fourth-order valence-corrected chi connectivity index (χ4v) is 5.93. The van der Waals surface area contributed by atoms with Crippen molar-refractivity contribution in [3.63, 3.8) is 0 Å². The van der Waals surface area contributed by atoms with Crippen LogP contribution in [0.25, 0.3) is 0 Å². The number of aliphatic hydroxyl groups is 1. The molecule has 2 aromatic rings. The number of nitriles is 1. The summed E-state index contributed by atoms with van der Waals surface area (Å²) in [6.45, 7) is 6.25. The van der Waals surface area contributed by atoms with Crippen molar-refractivity contribution < 1.29 is 23.5 Å². The number of H-pyrrole nitrogens is 1. The number of carbonyl (C=O) groups is 2. The van der Waals surface area contributed by atoms with Gasteiger partial charge in [0.2, 0.25) is 11.8 Å². The number of aromatic nitrogens is 2. The largest absolute Gasteiger partial charge is 0.391 e. The van der Waals surface area contributed by atoms with E-state index in [-0.39, 0.29) is 50.0 Å². The number of halogens is 2. The number of anilines is 1. The molecule has 1 aliphatic heterocycles. The number of aliphatic hydroxyl groups excluding tert-OH is 1. The van der Waals surface area contributed by atoms with Crippen LogP contribution in [0.5, 0.6) is 0 Å². The molecule has 2 aliphatic carbocycles. The van der Waals surface area contributed by atoms with Crippen molar-refractivity contribution in [2.45, 2.75) is 107 Å². The number of rotatable bonds is 7. The molecule has 3 N–H and O–H groups in total. The molecule has 2 amide bonds. The van der Waals surface area contributed by atoms with Gasteiger partial charge in [0.05, 0.1) is 18.8 Å². The van der Waals surface area contributed by atoms with Gasteiger partial charge in [0.1, 0.15) is 12.1 Å². The molecule has 0 bridgehead atoms. The van der Waals surface area contributed by atoms with Crippen LogP contribution >= 0.6 is 0 Å². The first kappa shape index (κ1) is 29.0. The second-order valence-electron chi connectivity index (χ2n) is 12.7. The number of benzene rings is 1. The maximum absolute atomic E-state index is 14.4. The van der Waals surface area contributed by atoms with Gasteiger partial charge in [-0.05, 0) is 48.8 Å². The summed E-state index contributed by atoms with van der Waals surface area (Å²) >= 11 is 0. The molecule has 11 heteroatoms. The summed E-state index contributed by atoms with van der Waals surface area (Å²) in [5.41, 5.74) is 2.66. The summed E-state index contributed by atoms with van der Waals surface area (Å²) in [5, 5.41) is 30.3. The molecule has 41 heavy (non-hydrogen) atoms. The molecule has 2 heterocycles. The Kier molecular flexibility index (Phi) is 7.81. The molecule has 5 rings (SSSR count). The molecule has 1 aromatic heterocycles. The third-order valence-electron chi connectivity index (χ3n) is 8.49. The molecule has 9 nitrogen and oxygen atoms in total. The fraction of sp³-hybridized carbons (Fsp3) is 0.600. The van der Waals surface area contributed by atoms with Crippen LogP contribution in [0.3, 0.4) is 0 Å². The number of alkyl halides is 2. The molecule has 3 aliphatic rings. The lowest BCUT2D eigenvalue weighted by molar-refractivity contribution is -0.129. The monoisotopic (exact) mass is 568 g/mol. The summed E-state index contributed by atoms with van der Waals surface area (Å²) in [6.07, 6.45) is 4.26. The van der Waals surface area contributed by atoms with Crippen LogP contribution in [-0.2, 0) is 15.0 Å². The lowest BCUT2D eigenvalue weighted by Gasteiger charge is -2.36. The van der Waals surface area contributed by atoms with Crippen molar-refractivity contribution >= 4 is 17.5 Å². The topological polar surface area (TPSA) is 125 Å². The number of nitrogens with zero attached hydrogens (tertiary/aromatic N) is 4. The van der Waals surface area contributed by atoms with Gasteiger partial charge in [-0.15, -0.1) is 0 Å². The Morgan fingerprint density at radius 2 is 1.85 bits per heavy atom. The Morgan fingerprint density at radius 1 is 1.20 bits per heavy atom. The zero-order valence-electron chi connectivity index (χ0n) is 23.7. The summed E-state index contributed by atoms with van der Waals surface area (Å²) in [4.78, 5) is 31.2. The minimum Gasteiger partial charge on any atom is -0.391 e. The highest BCUT2D eigenvalue weighted by molar-refractivity contribution is 6.04. The fourth-order valence-electron chi connectivity index (χ4n) is 5.93. The zero-order valence-corrected chi connectivity index (χ0v) is 23.7. The molecular weight excluding hydrogens is 530 g/mol. The van der Waals surface area contributed by atoms with E-state index >= 15 is 0 Å². The molecule has 3 atom stereocenters. The number of carbonyl (C=O) groups excluding carboxylic acids is 2. The third kappa shape index (κ3) is 6.22. The van der Waals surface area contributed by atoms with E-state index in [0.29, 0.717) is 11.3 Å². The van der Waals surface area contributed by atoms with E-state index in [1.807, 2.05) is 18.3 Å². The summed E-state index contributed by atoms with van der Waals surface area (Å²) in [6, 6.07) is 4.84. The standard InChI is InChI=1S/C30H38F2N6O3/c1-29(2,3)19-6-8-21(9-7-19)38(28(41)24-14-22(39)16-37(24)17-33)26(23-15-34-36-25(23)18-4-5-18)27(40)35-20-10-12-30(31,32)13-11-20/h6-9,15,18,20,22,24,26,39H,4-5,10-14,16H2,1-3H3,(H,34,36)(H,35,40). The number of hydrogen-bond acceptors (Lipinski definition) is 6. The molecule has 0 radical (unpaired) electrons. The maximum atomic E-state index is 14.4. The quantitative estimate of drug-likeness (QED) is 0.429. The van der Waals surface area contributed by atoms with Gasteiger partial charge in [-0.3, -0.25) is 24.5 Å². The van der Waals surface area contributed by atoms with E-state index in [1.54, 1.807) is 18.3 Å². The molecule has 1 aromatic carbocycles. The Morgan fingerprint density at radius 3 is 2.44 bits per heavy atom. The van der Waals surface area contributed by atoms with E-state index in [2.05, 4.69) is 36.3 Å². The molecule has 2 saturated carbocycles. The first-order valence-corrected chi connectivity index (χ1v) is 14.4. The first-order valence-electron chi connectivity index (χ1n) is 14.4. The molecule has 1 saturated heterocycles. The zero-order chi connectivity index (χ0) is 29.5.